The molecule has 0 aliphatic heterocycles. The largest absolute Gasteiger partial charge is 0.384 e. The van der Waals surface area contributed by atoms with Crippen molar-refractivity contribution in [3.05, 3.63) is 35.1 Å². The van der Waals surface area contributed by atoms with E-state index in [1.165, 1.54) is 25.3 Å². The molecule has 2 rings (SSSR count). The highest BCUT2D eigenvalue weighted by atomic mass is 19.1. The zero-order chi connectivity index (χ0) is 13.8. The van der Waals surface area contributed by atoms with E-state index in [2.05, 4.69) is 11.8 Å². The van der Waals surface area contributed by atoms with Gasteiger partial charge in [0.25, 0.3) is 0 Å². The van der Waals surface area contributed by atoms with Crippen LogP contribution in [0.5, 0.6) is 0 Å². The lowest BCUT2D eigenvalue weighted by atomic mass is 9.85. The molecular weight excluding hydrogens is 241 g/mol. The third-order valence-corrected chi connectivity index (χ3v) is 3.95. The van der Waals surface area contributed by atoms with Crippen molar-refractivity contribution in [3.8, 4) is 0 Å². The summed E-state index contributed by atoms with van der Waals surface area (Å²) >= 11 is 0. The third kappa shape index (κ3) is 3.53. The van der Waals surface area contributed by atoms with Crippen LogP contribution in [-0.4, -0.2) is 23.8 Å². The smallest absolute Gasteiger partial charge is 0.128 e. The molecule has 0 bridgehead atoms. The summed E-state index contributed by atoms with van der Waals surface area (Å²) in [5, 5.41) is 7.31. The number of benzene rings is 1. The first-order valence-electron chi connectivity index (χ1n) is 6.95. The van der Waals surface area contributed by atoms with Crippen LogP contribution in [0.4, 0.5) is 4.39 Å². The van der Waals surface area contributed by atoms with Crippen molar-refractivity contribution >= 4 is 5.84 Å². The van der Waals surface area contributed by atoms with Gasteiger partial charge in [-0.15, -0.1) is 0 Å². The van der Waals surface area contributed by atoms with Crippen LogP contribution in [-0.2, 0) is 6.54 Å². The van der Waals surface area contributed by atoms with Gasteiger partial charge < -0.3 is 5.73 Å². The second-order valence-electron chi connectivity index (χ2n) is 5.34. The lowest BCUT2D eigenvalue weighted by Gasteiger charge is -2.31. The van der Waals surface area contributed by atoms with E-state index in [0.717, 1.165) is 19.0 Å². The van der Waals surface area contributed by atoms with Gasteiger partial charge in [0.1, 0.15) is 11.7 Å². The van der Waals surface area contributed by atoms with Crippen molar-refractivity contribution in [3.63, 3.8) is 0 Å². The summed E-state index contributed by atoms with van der Waals surface area (Å²) in [5.74, 6) is 0.437. The first-order chi connectivity index (χ1) is 9.10. The molecular formula is C15H22FN3. The SMILES string of the molecule is CCN(Cc1ccc(C(=N)N)cc1F)CC1CCC1. The Bertz CT molecular complexity index is 455. The van der Waals surface area contributed by atoms with E-state index in [9.17, 15) is 4.39 Å². The van der Waals surface area contributed by atoms with Gasteiger partial charge in [-0.1, -0.05) is 25.5 Å². The Balaban J connectivity index is 2.01. The van der Waals surface area contributed by atoms with Crippen LogP contribution in [0.1, 0.15) is 37.3 Å². The van der Waals surface area contributed by atoms with Crippen molar-refractivity contribution in [2.24, 2.45) is 11.7 Å². The molecule has 4 heteroatoms. The molecule has 3 N–H and O–H groups in total. The molecule has 3 nitrogen and oxygen atoms in total. The van der Waals surface area contributed by atoms with Crippen molar-refractivity contribution < 1.29 is 4.39 Å². The number of nitrogens with two attached hydrogens (primary N) is 1. The molecule has 1 fully saturated rings. The topological polar surface area (TPSA) is 53.1 Å². The van der Waals surface area contributed by atoms with Crippen molar-refractivity contribution in [2.45, 2.75) is 32.7 Å². The molecule has 1 aromatic rings. The van der Waals surface area contributed by atoms with Crippen LogP contribution in [0.25, 0.3) is 0 Å². The van der Waals surface area contributed by atoms with Gasteiger partial charge in [0.15, 0.2) is 0 Å². The number of hydrogen-bond donors (Lipinski definition) is 2. The van der Waals surface area contributed by atoms with E-state index in [1.54, 1.807) is 12.1 Å². The van der Waals surface area contributed by atoms with E-state index >= 15 is 0 Å². The van der Waals surface area contributed by atoms with Crippen LogP contribution in [0.2, 0.25) is 0 Å². The number of nitrogen functional groups attached to an aromatic ring is 1. The molecule has 0 atom stereocenters. The van der Waals surface area contributed by atoms with Gasteiger partial charge in [0.2, 0.25) is 0 Å². The van der Waals surface area contributed by atoms with E-state index in [1.807, 2.05) is 0 Å². The molecule has 0 spiro atoms. The highest BCUT2D eigenvalue weighted by molar-refractivity contribution is 5.94. The minimum atomic E-state index is -0.264. The molecule has 0 unspecified atom stereocenters. The average molecular weight is 263 g/mol. The third-order valence-electron chi connectivity index (χ3n) is 3.95. The fourth-order valence-corrected chi connectivity index (χ4v) is 2.43. The fraction of sp³-hybridized carbons (Fsp3) is 0.533. The van der Waals surface area contributed by atoms with E-state index in [4.69, 9.17) is 11.1 Å². The van der Waals surface area contributed by atoms with Crippen LogP contribution in [0, 0.1) is 17.1 Å². The lowest BCUT2D eigenvalue weighted by molar-refractivity contribution is 0.177. The maximum absolute atomic E-state index is 14.0. The minimum Gasteiger partial charge on any atom is -0.384 e. The van der Waals surface area contributed by atoms with Crippen LogP contribution >= 0.6 is 0 Å². The number of amidine groups is 1. The van der Waals surface area contributed by atoms with Gasteiger partial charge >= 0.3 is 0 Å². The standard InChI is InChI=1S/C15H22FN3/c1-2-19(9-11-4-3-5-11)10-13-7-6-12(15(17)18)8-14(13)16/h6-8,11H,2-5,9-10H2,1H3,(H3,17,18). The van der Waals surface area contributed by atoms with Gasteiger partial charge in [-0.25, -0.2) is 4.39 Å². The summed E-state index contributed by atoms with van der Waals surface area (Å²) in [6.07, 6.45) is 3.95. The molecule has 0 saturated heterocycles. The summed E-state index contributed by atoms with van der Waals surface area (Å²) in [6.45, 7) is 4.74. The molecule has 0 amide bonds. The Kier molecular flexibility index (Phi) is 4.53. The van der Waals surface area contributed by atoms with E-state index in [-0.39, 0.29) is 11.7 Å². The summed E-state index contributed by atoms with van der Waals surface area (Å²) in [7, 11) is 0. The summed E-state index contributed by atoms with van der Waals surface area (Å²) in [4.78, 5) is 2.29. The summed E-state index contributed by atoms with van der Waals surface area (Å²) in [5.41, 5.74) is 6.49. The Hall–Kier alpha value is -1.42. The molecule has 19 heavy (non-hydrogen) atoms. The Labute approximate surface area is 114 Å². The number of halogens is 1. The number of nitrogens with zero attached hydrogens (tertiary/aromatic N) is 1. The van der Waals surface area contributed by atoms with Gasteiger partial charge in [-0.2, -0.15) is 0 Å². The summed E-state index contributed by atoms with van der Waals surface area (Å²) in [6, 6.07) is 4.82. The maximum atomic E-state index is 14.0. The molecule has 0 heterocycles. The molecule has 1 aliphatic rings. The average Bonchev–Trinajstić information content (AvgIpc) is 2.33. The van der Waals surface area contributed by atoms with Gasteiger partial charge in [0, 0.05) is 24.2 Å². The van der Waals surface area contributed by atoms with Gasteiger partial charge in [0.05, 0.1) is 0 Å². The van der Waals surface area contributed by atoms with Crippen molar-refractivity contribution in [1.29, 1.82) is 5.41 Å². The molecule has 0 aromatic heterocycles. The second-order valence-corrected chi connectivity index (χ2v) is 5.34. The van der Waals surface area contributed by atoms with Crippen molar-refractivity contribution in [1.82, 2.24) is 4.90 Å². The van der Waals surface area contributed by atoms with Gasteiger partial charge in [-0.05, 0) is 31.4 Å². The Morgan fingerprint density at radius 1 is 1.47 bits per heavy atom. The van der Waals surface area contributed by atoms with Crippen molar-refractivity contribution in [2.75, 3.05) is 13.1 Å². The zero-order valence-electron chi connectivity index (χ0n) is 11.5. The molecule has 1 saturated carbocycles. The number of nitrogens with one attached hydrogen (secondary N) is 1. The molecule has 1 aliphatic carbocycles. The predicted octanol–water partition coefficient (Wildman–Crippen LogP) is 2.73. The molecule has 0 radical (unpaired) electrons. The normalized spacial score (nSPS) is 15.5. The maximum Gasteiger partial charge on any atom is 0.128 e. The number of rotatable bonds is 6. The fourth-order valence-electron chi connectivity index (χ4n) is 2.43. The Morgan fingerprint density at radius 2 is 2.21 bits per heavy atom. The number of hydrogen-bond acceptors (Lipinski definition) is 2. The van der Waals surface area contributed by atoms with Crippen LogP contribution in [0.15, 0.2) is 18.2 Å². The quantitative estimate of drug-likeness (QED) is 0.612. The summed E-state index contributed by atoms with van der Waals surface area (Å²) < 4.78 is 14.0. The first kappa shape index (κ1) is 14.0. The van der Waals surface area contributed by atoms with E-state index in [0.29, 0.717) is 17.7 Å². The lowest BCUT2D eigenvalue weighted by Crippen LogP contribution is -2.32. The second kappa shape index (κ2) is 6.15. The molecule has 1 aromatic carbocycles. The zero-order valence-corrected chi connectivity index (χ0v) is 11.5. The van der Waals surface area contributed by atoms with Crippen LogP contribution in [0.3, 0.4) is 0 Å². The monoisotopic (exact) mass is 263 g/mol. The Morgan fingerprint density at radius 3 is 2.68 bits per heavy atom. The van der Waals surface area contributed by atoms with Crippen LogP contribution < -0.4 is 5.73 Å². The van der Waals surface area contributed by atoms with Gasteiger partial charge in [-0.3, -0.25) is 10.3 Å². The molecule has 104 valence electrons. The minimum absolute atomic E-state index is 0.0905. The highest BCUT2D eigenvalue weighted by Crippen LogP contribution is 2.27. The predicted molar refractivity (Wildman–Crippen MR) is 75.7 cm³/mol. The first-order valence-corrected chi connectivity index (χ1v) is 6.95. The van der Waals surface area contributed by atoms with E-state index < -0.39 is 0 Å². The highest BCUT2D eigenvalue weighted by Gasteiger charge is 2.20.